The molecule has 3 rings (SSSR count). The Hall–Kier alpha value is -1.75. The summed E-state index contributed by atoms with van der Waals surface area (Å²) in [6.45, 7) is 3.90. The molecule has 0 bridgehead atoms. The molecular weight excluding hydrogens is 320 g/mol. The summed E-state index contributed by atoms with van der Waals surface area (Å²) < 4.78 is 12.1. The number of halogens is 1. The van der Waals surface area contributed by atoms with Crippen molar-refractivity contribution in [3.8, 4) is 11.5 Å². The van der Waals surface area contributed by atoms with E-state index in [9.17, 15) is 0 Å². The molecule has 4 nitrogen and oxygen atoms in total. The first-order chi connectivity index (χ1) is 9.74. The maximum absolute atomic E-state index is 5.70. The zero-order chi connectivity index (χ0) is 13.9. The van der Waals surface area contributed by atoms with E-state index in [0.717, 1.165) is 32.9 Å². The van der Waals surface area contributed by atoms with Crippen LogP contribution in [0.3, 0.4) is 0 Å². The van der Waals surface area contributed by atoms with Crippen molar-refractivity contribution in [3.63, 3.8) is 0 Å². The monoisotopic (exact) mass is 334 g/mol. The van der Waals surface area contributed by atoms with E-state index in [1.165, 1.54) is 0 Å². The summed E-state index contributed by atoms with van der Waals surface area (Å²) >= 11 is 3.40. The highest BCUT2D eigenvalue weighted by molar-refractivity contribution is 9.10. The third-order valence-corrected chi connectivity index (χ3v) is 3.98. The molecular formula is C15H15BrN2O2. The van der Waals surface area contributed by atoms with E-state index in [0.29, 0.717) is 19.8 Å². The molecule has 0 radical (unpaired) electrons. The van der Waals surface area contributed by atoms with Gasteiger partial charge >= 0.3 is 0 Å². The van der Waals surface area contributed by atoms with Crippen LogP contribution in [0.4, 0.5) is 5.69 Å². The largest absolute Gasteiger partial charge is 0.486 e. The zero-order valence-electron chi connectivity index (χ0n) is 11.1. The molecule has 1 aliphatic heterocycles. The van der Waals surface area contributed by atoms with Gasteiger partial charge in [0.25, 0.3) is 0 Å². The summed E-state index contributed by atoms with van der Waals surface area (Å²) in [6.07, 6.45) is 1.81. The Morgan fingerprint density at radius 2 is 2.15 bits per heavy atom. The van der Waals surface area contributed by atoms with Crippen LogP contribution in [-0.2, 0) is 6.54 Å². The first-order valence-corrected chi connectivity index (χ1v) is 7.27. The molecule has 0 saturated heterocycles. The van der Waals surface area contributed by atoms with Gasteiger partial charge in [0, 0.05) is 12.1 Å². The summed E-state index contributed by atoms with van der Waals surface area (Å²) in [4.78, 5) is 4.28. The molecule has 0 atom stereocenters. The topological polar surface area (TPSA) is 43.4 Å². The predicted molar refractivity (Wildman–Crippen MR) is 81.4 cm³/mol. The molecule has 0 aliphatic carbocycles. The van der Waals surface area contributed by atoms with Crippen molar-refractivity contribution in [3.05, 3.63) is 46.2 Å². The molecule has 0 saturated carbocycles. The van der Waals surface area contributed by atoms with Crippen molar-refractivity contribution in [2.45, 2.75) is 13.5 Å². The van der Waals surface area contributed by atoms with Crippen molar-refractivity contribution in [2.75, 3.05) is 18.5 Å². The highest BCUT2D eigenvalue weighted by Crippen LogP contribution is 2.34. The number of nitrogens with zero attached hydrogens (tertiary/aromatic N) is 1. The molecule has 0 amide bonds. The highest BCUT2D eigenvalue weighted by atomic mass is 79.9. The van der Waals surface area contributed by atoms with Crippen LogP contribution in [0.15, 0.2) is 35.1 Å². The number of nitrogens with one attached hydrogen (secondary N) is 1. The molecule has 1 aliphatic rings. The second-order valence-corrected chi connectivity index (χ2v) is 5.38. The summed E-state index contributed by atoms with van der Waals surface area (Å²) in [6, 6.07) is 8.02. The molecule has 0 fully saturated rings. The third-order valence-electron chi connectivity index (χ3n) is 3.15. The van der Waals surface area contributed by atoms with Gasteiger partial charge in [0.1, 0.15) is 17.8 Å². The maximum atomic E-state index is 5.70. The average Bonchev–Trinajstić information content (AvgIpc) is 2.48. The first-order valence-electron chi connectivity index (χ1n) is 6.47. The summed E-state index contributed by atoms with van der Waals surface area (Å²) in [5.41, 5.74) is 3.17. The Bertz CT molecular complexity index is 631. The Kier molecular flexibility index (Phi) is 3.78. The quantitative estimate of drug-likeness (QED) is 0.872. The average molecular weight is 335 g/mol. The van der Waals surface area contributed by atoms with E-state index in [1.54, 1.807) is 0 Å². The van der Waals surface area contributed by atoms with Crippen LogP contribution in [0.25, 0.3) is 0 Å². The van der Waals surface area contributed by atoms with Gasteiger partial charge in [-0.05, 0) is 40.5 Å². The van der Waals surface area contributed by atoms with Crippen molar-refractivity contribution in [1.82, 2.24) is 4.98 Å². The number of hydrogen-bond donors (Lipinski definition) is 1. The lowest BCUT2D eigenvalue weighted by Gasteiger charge is -2.21. The highest BCUT2D eigenvalue weighted by Gasteiger charge is 2.15. The number of hydrogen-bond acceptors (Lipinski definition) is 4. The number of anilines is 1. The van der Waals surface area contributed by atoms with Crippen LogP contribution in [0.1, 0.15) is 11.1 Å². The number of ether oxygens (including phenoxy) is 2. The molecule has 0 spiro atoms. The number of pyridine rings is 1. The predicted octanol–water partition coefficient (Wildman–Crippen LogP) is 3.54. The molecule has 1 aromatic heterocycles. The number of rotatable bonds is 3. The van der Waals surface area contributed by atoms with Gasteiger partial charge in [0.15, 0.2) is 11.5 Å². The summed E-state index contributed by atoms with van der Waals surface area (Å²) in [7, 11) is 0. The van der Waals surface area contributed by atoms with Gasteiger partial charge < -0.3 is 14.8 Å². The standard InChI is InChI=1S/C15H15BrN2O2/c1-10-7-12(9-18-15(10)16)17-8-11-3-2-4-13-14(11)20-6-5-19-13/h2-4,7,9,17H,5-6,8H2,1H3. The number of benzene rings is 1. The first kappa shape index (κ1) is 13.2. The lowest BCUT2D eigenvalue weighted by Crippen LogP contribution is -2.17. The van der Waals surface area contributed by atoms with Gasteiger partial charge in [-0.1, -0.05) is 12.1 Å². The van der Waals surface area contributed by atoms with Crippen LogP contribution < -0.4 is 14.8 Å². The van der Waals surface area contributed by atoms with E-state index in [-0.39, 0.29) is 0 Å². The van der Waals surface area contributed by atoms with E-state index in [1.807, 2.05) is 31.3 Å². The minimum atomic E-state index is 0.600. The van der Waals surface area contributed by atoms with E-state index >= 15 is 0 Å². The fraction of sp³-hybridized carbons (Fsp3) is 0.267. The van der Waals surface area contributed by atoms with Crippen molar-refractivity contribution in [1.29, 1.82) is 0 Å². The van der Waals surface area contributed by atoms with Crippen molar-refractivity contribution < 1.29 is 9.47 Å². The van der Waals surface area contributed by atoms with Gasteiger partial charge in [-0.3, -0.25) is 0 Å². The number of para-hydroxylation sites is 1. The third kappa shape index (κ3) is 2.72. The molecule has 1 N–H and O–H groups in total. The molecule has 2 aromatic rings. The fourth-order valence-corrected chi connectivity index (χ4v) is 2.34. The maximum Gasteiger partial charge on any atom is 0.166 e. The van der Waals surface area contributed by atoms with Gasteiger partial charge in [-0.15, -0.1) is 0 Å². The van der Waals surface area contributed by atoms with Gasteiger partial charge in [0.2, 0.25) is 0 Å². The lowest BCUT2D eigenvalue weighted by molar-refractivity contribution is 0.170. The molecule has 5 heteroatoms. The van der Waals surface area contributed by atoms with Gasteiger partial charge in [0.05, 0.1) is 11.9 Å². The lowest BCUT2D eigenvalue weighted by atomic mass is 10.1. The molecule has 1 aromatic carbocycles. The van der Waals surface area contributed by atoms with Crippen LogP contribution >= 0.6 is 15.9 Å². The Labute approximate surface area is 126 Å². The second kappa shape index (κ2) is 5.71. The Balaban J connectivity index is 1.76. The van der Waals surface area contributed by atoms with Gasteiger partial charge in [-0.2, -0.15) is 0 Å². The van der Waals surface area contributed by atoms with Crippen LogP contribution in [0, 0.1) is 6.92 Å². The van der Waals surface area contributed by atoms with Gasteiger partial charge in [-0.25, -0.2) is 4.98 Å². The van der Waals surface area contributed by atoms with E-state index in [2.05, 4.69) is 32.3 Å². The minimum Gasteiger partial charge on any atom is -0.486 e. The van der Waals surface area contributed by atoms with Crippen LogP contribution in [0.2, 0.25) is 0 Å². The number of aromatic nitrogens is 1. The second-order valence-electron chi connectivity index (χ2n) is 4.63. The Morgan fingerprint density at radius 1 is 1.30 bits per heavy atom. The molecule has 20 heavy (non-hydrogen) atoms. The van der Waals surface area contributed by atoms with E-state index in [4.69, 9.17) is 9.47 Å². The fourth-order valence-electron chi connectivity index (χ4n) is 2.13. The Morgan fingerprint density at radius 3 is 3.00 bits per heavy atom. The van der Waals surface area contributed by atoms with E-state index < -0.39 is 0 Å². The number of aryl methyl sites for hydroxylation is 1. The summed E-state index contributed by atoms with van der Waals surface area (Å²) in [5.74, 6) is 1.66. The van der Waals surface area contributed by atoms with Crippen molar-refractivity contribution >= 4 is 21.6 Å². The summed E-state index contributed by atoms with van der Waals surface area (Å²) in [5, 5.41) is 3.36. The molecule has 0 unspecified atom stereocenters. The van der Waals surface area contributed by atoms with Crippen LogP contribution in [-0.4, -0.2) is 18.2 Å². The zero-order valence-corrected chi connectivity index (χ0v) is 12.7. The minimum absolute atomic E-state index is 0.600. The normalized spacial score (nSPS) is 13.1. The molecule has 104 valence electrons. The molecule has 2 heterocycles. The van der Waals surface area contributed by atoms with Crippen LogP contribution in [0.5, 0.6) is 11.5 Å². The SMILES string of the molecule is Cc1cc(NCc2cccc3c2OCCO3)cnc1Br. The number of fused-ring (bicyclic) bond motifs is 1. The smallest absolute Gasteiger partial charge is 0.166 e. The van der Waals surface area contributed by atoms with Crippen molar-refractivity contribution in [2.24, 2.45) is 0 Å².